The molecule has 0 aromatic rings. The number of carboxylic acid groups (broad SMARTS) is 1. The number of hydrogen-bond donors (Lipinski definition) is 2. The van der Waals surface area contributed by atoms with Crippen LogP contribution in [0.15, 0.2) is 0 Å². The standard InChI is InChI=1S/C8H15NO3/c1-2-6-3-8(9,5-12-6)4-7(10)11/h6H,2-5,9H2,1H3,(H,10,11). The summed E-state index contributed by atoms with van der Waals surface area (Å²) in [5.41, 5.74) is 5.19. The third-order valence-electron chi connectivity index (χ3n) is 2.20. The van der Waals surface area contributed by atoms with Gasteiger partial charge in [-0.25, -0.2) is 0 Å². The van der Waals surface area contributed by atoms with Crippen LogP contribution in [0.2, 0.25) is 0 Å². The fourth-order valence-electron chi connectivity index (χ4n) is 1.54. The maximum atomic E-state index is 10.4. The molecule has 0 aromatic heterocycles. The summed E-state index contributed by atoms with van der Waals surface area (Å²) >= 11 is 0. The quantitative estimate of drug-likeness (QED) is 0.646. The van der Waals surface area contributed by atoms with E-state index in [4.69, 9.17) is 15.6 Å². The maximum Gasteiger partial charge on any atom is 0.305 e. The number of hydrogen-bond acceptors (Lipinski definition) is 3. The van der Waals surface area contributed by atoms with Gasteiger partial charge >= 0.3 is 5.97 Å². The van der Waals surface area contributed by atoms with E-state index in [0.717, 1.165) is 6.42 Å². The third-order valence-corrected chi connectivity index (χ3v) is 2.20. The van der Waals surface area contributed by atoms with E-state index in [1.54, 1.807) is 0 Å². The molecule has 12 heavy (non-hydrogen) atoms. The minimum absolute atomic E-state index is 0.00347. The van der Waals surface area contributed by atoms with Crippen molar-refractivity contribution >= 4 is 5.97 Å². The normalized spacial score (nSPS) is 35.3. The molecule has 4 nitrogen and oxygen atoms in total. The van der Waals surface area contributed by atoms with Crippen LogP contribution in [0.5, 0.6) is 0 Å². The summed E-state index contributed by atoms with van der Waals surface area (Å²) in [5, 5.41) is 8.56. The Labute approximate surface area is 71.7 Å². The Balaban J connectivity index is 2.46. The van der Waals surface area contributed by atoms with E-state index in [2.05, 4.69) is 0 Å². The molecule has 0 aromatic carbocycles. The molecule has 0 saturated carbocycles. The molecule has 2 atom stereocenters. The highest BCUT2D eigenvalue weighted by Crippen LogP contribution is 2.26. The van der Waals surface area contributed by atoms with Crippen LogP contribution in [-0.2, 0) is 9.53 Å². The number of rotatable bonds is 3. The van der Waals surface area contributed by atoms with Crippen molar-refractivity contribution in [3.63, 3.8) is 0 Å². The first-order chi connectivity index (χ1) is 5.56. The molecule has 1 rings (SSSR count). The highest BCUT2D eigenvalue weighted by molar-refractivity contribution is 5.68. The van der Waals surface area contributed by atoms with Crippen molar-refractivity contribution in [1.29, 1.82) is 0 Å². The van der Waals surface area contributed by atoms with Gasteiger partial charge in [-0.05, 0) is 12.8 Å². The number of carbonyl (C=O) groups is 1. The molecule has 1 saturated heterocycles. The SMILES string of the molecule is CCC1CC(N)(CC(=O)O)CO1. The lowest BCUT2D eigenvalue weighted by Gasteiger charge is -2.18. The van der Waals surface area contributed by atoms with Gasteiger partial charge < -0.3 is 15.6 Å². The van der Waals surface area contributed by atoms with E-state index in [1.165, 1.54) is 0 Å². The highest BCUT2D eigenvalue weighted by Gasteiger charge is 2.37. The molecule has 0 spiro atoms. The van der Waals surface area contributed by atoms with Crippen molar-refractivity contribution in [1.82, 2.24) is 0 Å². The van der Waals surface area contributed by atoms with Gasteiger partial charge in [0.25, 0.3) is 0 Å². The minimum atomic E-state index is -0.849. The van der Waals surface area contributed by atoms with Crippen LogP contribution in [0.1, 0.15) is 26.2 Å². The average Bonchev–Trinajstić information content (AvgIpc) is 2.30. The summed E-state index contributed by atoms with van der Waals surface area (Å²) in [7, 11) is 0. The topological polar surface area (TPSA) is 72.6 Å². The summed E-state index contributed by atoms with van der Waals surface area (Å²) in [6, 6.07) is 0. The van der Waals surface area contributed by atoms with Gasteiger partial charge in [0.2, 0.25) is 0 Å². The van der Waals surface area contributed by atoms with E-state index < -0.39 is 11.5 Å². The molecule has 0 bridgehead atoms. The average molecular weight is 173 g/mol. The Morgan fingerprint density at radius 3 is 2.92 bits per heavy atom. The summed E-state index contributed by atoms with van der Waals surface area (Å²) in [6.45, 7) is 2.38. The second-order valence-electron chi connectivity index (χ2n) is 3.48. The Morgan fingerprint density at radius 1 is 1.83 bits per heavy atom. The largest absolute Gasteiger partial charge is 0.481 e. The first kappa shape index (κ1) is 9.48. The van der Waals surface area contributed by atoms with E-state index in [-0.39, 0.29) is 12.5 Å². The van der Waals surface area contributed by atoms with E-state index >= 15 is 0 Å². The van der Waals surface area contributed by atoms with Crippen molar-refractivity contribution in [2.45, 2.75) is 37.8 Å². The Hall–Kier alpha value is -0.610. The van der Waals surface area contributed by atoms with Crippen LogP contribution in [0.25, 0.3) is 0 Å². The lowest BCUT2D eigenvalue weighted by Crippen LogP contribution is -2.42. The predicted octanol–water partition coefficient (Wildman–Crippen LogP) is 0.357. The van der Waals surface area contributed by atoms with Crippen LogP contribution in [0, 0.1) is 0 Å². The summed E-state index contributed by atoms with van der Waals surface area (Å²) in [5.74, 6) is -0.849. The van der Waals surface area contributed by atoms with Gasteiger partial charge in [-0.15, -0.1) is 0 Å². The van der Waals surface area contributed by atoms with Gasteiger partial charge in [0.1, 0.15) is 0 Å². The van der Waals surface area contributed by atoms with Gasteiger partial charge in [-0.2, -0.15) is 0 Å². The zero-order valence-electron chi connectivity index (χ0n) is 7.25. The van der Waals surface area contributed by atoms with Gasteiger partial charge in [-0.1, -0.05) is 6.92 Å². The van der Waals surface area contributed by atoms with Crippen molar-refractivity contribution in [2.75, 3.05) is 6.61 Å². The number of aliphatic carboxylic acids is 1. The second-order valence-corrected chi connectivity index (χ2v) is 3.48. The Kier molecular flexibility index (Phi) is 2.69. The van der Waals surface area contributed by atoms with E-state index in [0.29, 0.717) is 13.0 Å². The molecule has 0 aliphatic carbocycles. The van der Waals surface area contributed by atoms with Crippen LogP contribution in [-0.4, -0.2) is 29.3 Å². The Bertz CT molecular complexity index is 183. The second kappa shape index (κ2) is 3.41. The fourth-order valence-corrected chi connectivity index (χ4v) is 1.54. The predicted molar refractivity (Wildman–Crippen MR) is 43.8 cm³/mol. The number of ether oxygens (including phenoxy) is 1. The first-order valence-corrected chi connectivity index (χ1v) is 4.18. The van der Waals surface area contributed by atoms with Crippen molar-refractivity contribution in [3.8, 4) is 0 Å². The van der Waals surface area contributed by atoms with Gasteiger partial charge in [0.05, 0.1) is 24.7 Å². The fraction of sp³-hybridized carbons (Fsp3) is 0.875. The van der Waals surface area contributed by atoms with E-state index in [1.807, 2.05) is 6.92 Å². The molecule has 3 N–H and O–H groups in total. The first-order valence-electron chi connectivity index (χ1n) is 4.18. The summed E-state index contributed by atoms with van der Waals surface area (Å²) < 4.78 is 5.33. The van der Waals surface area contributed by atoms with Crippen LogP contribution in [0.4, 0.5) is 0 Å². The maximum absolute atomic E-state index is 10.4. The van der Waals surface area contributed by atoms with Crippen LogP contribution in [0.3, 0.4) is 0 Å². The van der Waals surface area contributed by atoms with Crippen molar-refractivity contribution in [2.24, 2.45) is 5.73 Å². The molecular formula is C8H15NO3. The lowest BCUT2D eigenvalue weighted by atomic mass is 9.93. The monoisotopic (exact) mass is 173 g/mol. The van der Waals surface area contributed by atoms with E-state index in [9.17, 15) is 4.79 Å². The van der Waals surface area contributed by atoms with Gasteiger partial charge in [-0.3, -0.25) is 4.79 Å². The minimum Gasteiger partial charge on any atom is -0.481 e. The van der Waals surface area contributed by atoms with Crippen LogP contribution < -0.4 is 5.73 Å². The lowest BCUT2D eigenvalue weighted by molar-refractivity contribution is -0.138. The smallest absolute Gasteiger partial charge is 0.305 e. The molecular weight excluding hydrogens is 158 g/mol. The molecule has 1 aliphatic heterocycles. The molecule has 0 radical (unpaired) electrons. The van der Waals surface area contributed by atoms with Crippen molar-refractivity contribution < 1.29 is 14.6 Å². The molecule has 1 aliphatic rings. The number of carboxylic acids is 1. The molecule has 1 fully saturated rings. The third kappa shape index (κ3) is 2.19. The molecule has 0 amide bonds. The van der Waals surface area contributed by atoms with Crippen LogP contribution >= 0.6 is 0 Å². The zero-order chi connectivity index (χ0) is 9.19. The summed E-state index contributed by atoms with van der Waals surface area (Å²) in [4.78, 5) is 10.4. The number of nitrogens with two attached hydrogens (primary N) is 1. The molecule has 2 unspecified atom stereocenters. The van der Waals surface area contributed by atoms with Crippen molar-refractivity contribution in [3.05, 3.63) is 0 Å². The zero-order valence-corrected chi connectivity index (χ0v) is 7.25. The molecule has 4 heteroatoms. The summed E-state index contributed by atoms with van der Waals surface area (Å²) in [6.07, 6.45) is 1.71. The Morgan fingerprint density at radius 2 is 2.50 bits per heavy atom. The van der Waals surface area contributed by atoms with Gasteiger partial charge in [0.15, 0.2) is 0 Å². The molecule has 70 valence electrons. The van der Waals surface area contributed by atoms with Gasteiger partial charge in [0, 0.05) is 0 Å². The molecule has 1 heterocycles. The highest BCUT2D eigenvalue weighted by atomic mass is 16.5.